The number of allylic oxidation sites excluding steroid dienone is 2. The van der Waals surface area contributed by atoms with Crippen molar-refractivity contribution in [3.63, 3.8) is 0 Å². The van der Waals surface area contributed by atoms with Crippen molar-refractivity contribution in [1.82, 2.24) is 10.6 Å². The predicted molar refractivity (Wildman–Crippen MR) is 138 cm³/mol. The molecule has 7 atom stereocenters. The highest BCUT2D eigenvalue weighted by atomic mass is 16.6. The molecule has 0 aromatic rings. The number of terminal acetylenes is 1. The van der Waals surface area contributed by atoms with Gasteiger partial charge < -0.3 is 20.6 Å². The molecule has 7 nitrogen and oxygen atoms in total. The zero-order valence-electron chi connectivity index (χ0n) is 21.8. The number of oxime groups is 1. The number of fused-ring (bicyclic) bond motifs is 5. The maximum Gasteiger partial charge on any atom is 0.261 e. The van der Waals surface area contributed by atoms with Crippen LogP contribution < -0.4 is 10.6 Å². The minimum atomic E-state index is -0.963. The third-order valence-corrected chi connectivity index (χ3v) is 10.6. The molecule has 5 aliphatic rings. The first-order valence-corrected chi connectivity index (χ1v) is 13.9. The van der Waals surface area contributed by atoms with E-state index in [1.807, 2.05) is 0 Å². The zero-order valence-corrected chi connectivity index (χ0v) is 21.8. The number of rotatable bonds is 4. The third kappa shape index (κ3) is 4.16. The van der Waals surface area contributed by atoms with Crippen LogP contribution in [0.2, 0.25) is 0 Å². The van der Waals surface area contributed by atoms with Crippen LogP contribution in [0.3, 0.4) is 0 Å². The highest BCUT2D eigenvalue weighted by Crippen LogP contribution is 2.67. The lowest BCUT2D eigenvalue weighted by atomic mass is 9.46. The SMILES string of the molecule is C#C[C@@]1(O)CC[C@H]2[C@@H]3CCC4=C/C(=N/OCC(=O)N[C@@H]5CCCCNC5=O)CC[C@]4(C)[C@H]3CC[C@@]21C. The van der Waals surface area contributed by atoms with Gasteiger partial charge in [-0.25, -0.2) is 0 Å². The van der Waals surface area contributed by atoms with Crippen molar-refractivity contribution in [2.45, 2.75) is 96.1 Å². The Bertz CT molecular complexity index is 1010. The smallest absolute Gasteiger partial charge is 0.261 e. The van der Waals surface area contributed by atoms with Crippen molar-refractivity contribution in [2.75, 3.05) is 13.2 Å². The van der Waals surface area contributed by atoms with E-state index in [2.05, 4.69) is 41.6 Å². The molecule has 4 aliphatic carbocycles. The molecule has 4 fully saturated rings. The van der Waals surface area contributed by atoms with Crippen LogP contribution >= 0.6 is 0 Å². The van der Waals surface area contributed by atoms with E-state index >= 15 is 0 Å². The summed E-state index contributed by atoms with van der Waals surface area (Å²) in [5.74, 6) is 4.03. The molecule has 0 radical (unpaired) electrons. The van der Waals surface area contributed by atoms with Crippen molar-refractivity contribution in [3.8, 4) is 12.3 Å². The number of carbonyl (C=O) groups excluding carboxylic acids is 2. The quantitative estimate of drug-likeness (QED) is 0.411. The molecule has 1 heterocycles. The fraction of sp³-hybridized carbons (Fsp3) is 0.759. The molecule has 1 saturated heterocycles. The lowest BCUT2D eigenvalue weighted by Gasteiger charge is -2.58. The molecule has 3 saturated carbocycles. The largest absolute Gasteiger partial charge is 0.385 e. The summed E-state index contributed by atoms with van der Waals surface area (Å²) >= 11 is 0. The van der Waals surface area contributed by atoms with Gasteiger partial charge in [0.05, 0.1) is 5.71 Å². The lowest BCUT2D eigenvalue weighted by molar-refractivity contribution is -0.131. The van der Waals surface area contributed by atoms with Crippen molar-refractivity contribution < 1.29 is 19.5 Å². The van der Waals surface area contributed by atoms with E-state index in [0.29, 0.717) is 30.7 Å². The highest BCUT2D eigenvalue weighted by molar-refractivity contribution is 5.96. The first kappa shape index (κ1) is 25.3. The van der Waals surface area contributed by atoms with Gasteiger partial charge in [0.1, 0.15) is 11.6 Å². The summed E-state index contributed by atoms with van der Waals surface area (Å²) in [5, 5.41) is 21.1. The van der Waals surface area contributed by atoms with Crippen LogP contribution in [-0.4, -0.2) is 47.4 Å². The van der Waals surface area contributed by atoms with Gasteiger partial charge in [-0.3, -0.25) is 9.59 Å². The first-order valence-electron chi connectivity index (χ1n) is 13.9. The molecule has 0 aromatic carbocycles. The molecule has 3 N–H and O–H groups in total. The van der Waals surface area contributed by atoms with Crippen LogP contribution in [0.5, 0.6) is 0 Å². The van der Waals surface area contributed by atoms with Gasteiger partial charge in [-0.1, -0.05) is 30.5 Å². The van der Waals surface area contributed by atoms with Crippen LogP contribution in [-0.2, 0) is 14.4 Å². The van der Waals surface area contributed by atoms with Gasteiger partial charge in [-0.15, -0.1) is 6.42 Å². The van der Waals surface area contributed by atoms with Crippen molar-refractivity contribution in [1.29, 1.82) is 0 Å². The Morgan fingerprint density at radius 2 is 2.00 bits per heavy atom. The summed E-state index contributed by atoms with van der Waals surface area (Å²) in [6, 6.07) is -0.488. The average molecular weight is 496 g/mol. The highest BCUT2D eigenvalue weighted by Gasteiger charge is 2.63. The predicted octanol–water partition coefficient (Wildman–Crippen LogP) is 3.47. The van der Waals surface area contributed by atoms with Gasteiger partial charge in [0.15, 0.2) is 6.61 Å². The normalized spacial score (nSPS) is 43.1. The summed E-state index contributed by atoms with van der Waals surface area (Å²) in [4.78, 5) is 29.8. The molecule has 2 amide bonds. The molecule has 7 heteroatoms. The van der Waals surface area contributed by atoms with Crippen LogP contribution in [0, 0.1) is 40.9 Å². The van der Waals surface area contributed by atoms with Crippen LogP contribution in [0.4, 0.5) is 0 Å². The van der Waals surface area contributed by atoms with Crippen LogP contribution in [0.15, 0.2) is 16.8 Å². The molecule has 0 unspecified atom stereocenters. The second kappa shape index (κ2) is 9.52. The van der Waals surface area contributed by atoms with Crippen LogP contribution in [0.25, 0.3) is 0 Å². The maximum absolute atomic E-state index is 12.3. The second-order valence-corrected chi connectivity index (χ2v) is 12.3. The minimum absolute atomic E-state index is 0.122. The molecule has 0 bridgehead atoms. The van der Waals surface area contributed by atoms with Gasteiger partial charge in [0.2, 0.25) is 5.91 Å². The Labute approximate surface area is 214 Å². The number of amides is 2. The number of carbonyl (C=O) groups is 2. The van der Waals surface area contributed by atoms with Gasteiger partial charge in [-0.2, -0.15) is 0 Å². The molecular formula is C29H41N3O4. The molecule has 0 spiro atoms. The van der Waals surface area contributed by atoms with E-state index in [9.17, 15) is 14.7 Å². The zero-order chi connectivity index (χ0) is 25.6. The number of nitrogens with one attached hydrogen (secondary N) is 2. The molecule has 1 aliphatic heterocycles. The second-order valence-electron chi connectivity index (χ2n) is 12.3. The standard InChI is InChI=1S/C29H41N3O4/c1-4-29(35)15-12-23-21-9-8-19-17-20(10-13-27(19,2)22(21)11-14-28(23,29)3)32-36-18-25(33)31-24-7-5-6-16-30-26(24)34/h1,17,21-24,35H,5-16,18H2,2-3H3,(H,30,34)(H,31,33)/b32-20+/t21-,22+,23+,24-,27+,28+,29-/m1/s1. The minimum Gasteiger partial charge on any atom is -0.385 e. The number of aliphatic hydroxyl groups is 1. The van der Waals surface area contributed by atoms with Crippen LogP contribution in [0.1, 0.15) is 84.5 Å². The third-order valence-electron chi connectivity index (χ3n) is 10.6. The fourth-order valence-electron chi connectivity index (χ4n) is 8.38. The number of nitrogens with zero attached hydrogens (tertiary/aromatic N) is 1. The molecular weight excluding hydrogens is 454 g/mol. The molecule has 0 aromatic heterocycles. The van der Waals surface area contributed by atoms with Crippen molar-refractivity contribution in [3.05, 3.63) is 11.6 Å². The molecule has 36 heavy (non-hydrogen) atoms. The Hall–Kier alpha value is -2.33. The Morgan fingerprint density at radius 1 is 1.19 bits per heavy atom. The van der Waals surface area contributed by atoms with E-state index in [1.165, 1.54) is 5.57 Å². The topological polar surface area (TPSA) is 100 Å². The maximum atomic E-state index is 12.3. The van der Waals surface area contributed by atoms with Gasteiger partial charge >= 0.3 is 0 Å². The fourth-order valence-corrected chi connectivity index (χ4v) is 8.38. The lowest BCUT2D eigenvalue weighted by Crippen LogP contribution is -2.54. The van der Waals surface area contributed by atoms with E-state index in [1.54, 1.807) is 0 Å². The van der Waals surface area contributed by atoms with Gasteiger partial charge in [-0.05, 0) is 99.9 Å². The monoisotopic (exact) mass is 495 g/mol. The summed E-state index contributed by atoms with van der Waals surface area (Å²) in [6.45, 7) is 5.13. The molecule has 196 valence electrons. The summed E-state index contributed by atoms with van der Waals surface area (Å²) in [5.41, 5.74) is 1.35. The Kier molecular flexibility index (Phi) is 6.70. The van der Waals surface area contributed by atoms with E-state index in [4.69, 9.17) is 11.3 Å². The molecule has 5 rings (SSSR count). The van der Waals surface area contributed by atoms with E-state index in [-0.39, 0.29) is 29.3 Å². The number of hydrogen-bond acceptors (Lipinski definition) is 5. The Morgan fingerprint density at radius 3 is 2.81 bits per heavy atom. The first-order chi connectivity index (χ1) is 17.2. The summed E-state index contributed by atoms with van der Waals surface area (Å²) < 4.78 is 0. The number of hydrogen-bond donors (Lipinski definition) is 3. The Balaban J connectivity index is 1.21. The summed E-state index contributed by atoms with van der Waals surface area (Å²) in [7, 11) is 0. The summed E-state index contributed by atoms with van der Waals surface area (Å²) in [6.07, 6.45) is 18.4. The van der Waals surface area contributed by atoms with Crippen molar-refractivity contribution >= 4 is 17.5 Å². The van der Waals surface area contributed by atoms with Gasteiger partial charge in [0.25, 0.3) is 5.91 Å². The van der Waals surface area contributed by atoms with Gasteiger partial charge in [0, 0.05) is 12.0 Å². The average Bonchev–Trinajstić information content (AvgIpc) is 2.98. The van der Waals surface area contributed by atoms with Crippen molar-refractivity contribution in [2.24, 2.45) is 33.7 Å². The van der Waals surface area contributed by atoms with E-state index in [0.717, 1.165) is 69.9 Å². The van der Waals surface area contributed by atoms with E-state index < -0.39 is 11.6 Å².